The summed E-state index contributed by atoms with van der Waals surface area (Å²) >= 11 is 0. The number of hydrogen-bond donors (Lipinski definition) is 0. The van der Waals surface area contributed by atoms with Crippen LogP contribution in [0.4, 0.5) is 5.88 Å². The minimum absolute atomic E-state index is 0.00215. The summed E-state index contributed by atoms with van der Waals surface area (Å²) in [6.45, 7) is 10.2. The van der Waals surface area contributed by atoms with E-state index in [9.17, 15) is 4.79 Å². The quantitative estimate of drug-likeness (QED) is 0.472. The largest absolute Gasteiger partial charge is 0.497 e. The molecule has 3 rings (SSSR count). The number of carbonyl (C=O) groups is 1. The predicted octanol–water partition coefficient (Wildman–Crippen LogP) is 5.25. The van der Waals surface area contributed by atoms with Gasteiger partial charge in [0.2, 0.25) is 5.88 Å². The molecular formula is C25H31N3O3. The molecule has 0 N–H and O–H groups in total. The van der Waals surface area contributed by atoms with Gasteiger partial charge in [-0.2, -0.15) is 0 Å². The van der Waals surface area contributed by atoms with Crippen molar-refractivity contribution in [2.45, 2.75) is 40.3 Å². The van der Waals surface area contributed by atoms with Crippen LogP contribution >= 0.6 is 0 Å². The van der Waals surface area contributed by atoms with Crippen LogP contribution in [0, 0.1) is 0 Å². The van der Waals surface area contributed by atoms with Crippen LogP contribution in [0.5, 0.6) is 5.75 Å². The van der Waals surface area contributed by atoms with Crippen LogP contribution in [-0.2, 0) is 6.54 Å². The van der Waals surface area contributed by atoms with Crippen LogP contribution in [-0.4, -0.2) is 42.2 Å². The van der Waals surface area contributed by atoms with Crippen LogP contribution in [0.25, 0.3) is 11.3 Å². The zero-order valence-electron chi connectivity index (χ0n) is 19.0. The summed E-state index contributed by atoms with van der Waals surface area (Å²) in [4.78, 5) is 17.4. The first-order valence-corrected chi connectivity index (χ1v) is 10.7. The predicted molar refractivity (Wildman–Crippen MR) is 124 cm³/mol. The molecule has 1 heterocycles. The Morgan fingerprint density at radius 1 is 1.03 bits per heavy atom. The van der Waals surface area contributed by atoms with Gasteiger partial charge in [0.05, 0.1) is 19.2 Å². The Labute approximate surface area is 184 Å². The molecule has 2 aromatic carbocycles. The Balaban J connectivity index is 2.02. The number of aromatic nitrogens is 1. The molecular weight excluding hydrogens is 390 g/mol. The fraction of sp³-hybridized carbons (Fsp3) is 0.360. The first-order valence-electron chi connectivity index (χ1n) is 10.7. The molecule has 0 unspecified atom stereocenters. The zero-order valence-corrected chi connectivity index (χ0v) is 19.0. The van der Waals surface area contributed by atoms with E-state index in [0.29, 0.717) is 12.1 Å². The molecule has 1 amide bonds. The van der Waals surface area contributed by atoms with Gasteiger partial charge >= 0.3 is 0 Å². The first kappa shape index (κ1) is 22.4. The maximum atomic E-state index is 13.4. The van der Waals surface area contributed by atoms with Crippen LogP contribution in [0.3, 0.4) is 0 Å². The molecule has 6 heteroatoms. The van der Waals surface area contributed by atoms with Gasteiger partial charge in [0, 0.05) is 30.3 Å². The van der Waals surface area contributed by atoms with Crippen LogP contribution in [0.2, 0.25) is 0 Å². The van der Waals surface area contributed by atoms with E-state index in [2.05, 4.69) is 23.9 Å². The molecule has 0 saturated carbocycles. The van der Waals surface area contributed by atoms with Gasteiger partial charge in [0.25, 0.3) is 5.91 Å². The lowest BCUT2D eigenvalue weighted by Gasteiger charge is -2.28. The molecule has 0 bridgehead atoms. The standard InChI is InChI=1S/C25H31N3O3/c1-6-27(7-2)25-22(23(26-31-25)19-11-9-8-10-12-19)17-28(18(3)4)24(29)20-13-15-21(30-5)16-14-20/h8-16,18H,6-7,17H2,1-5H3. The Kier molecular flexibility index (Phi) is 7.34. The van der Waals surface area contributed by atoms with Crippen molar-refractivity contribution >= 4 is 11.8 Å². The van der Waals surface area contributed by atoms with Crippen molar-refractivity contribution in [2.24, 2.45) is 0 Å². The highest BCUT2D eigenvalue weighted by molar-refractivity contribution is 5.94. The van der Waals surface area contributed by atoms with E-state index in [1.807, 2.05) is 61.2 Å². The van der Waals surface area contributed by atoms with Crippen molar-refractivity contribution < 1.29 is 14.1 Å². The molecule has 0 fully saturated rings. The molecule has 0 radical (unpaired) electrons. The first-order chi connectivity index (χ1) is 15.0. The average molecular weight is 422 g/mol. The second kappa shape index (κ2) is 10.2. The van der Waals surface area contributed by atoms with E-state index in [1.165, 1.54) is 0 Å². The number of ether oxygens (including phenoxy) is 1. The van der Waals surface area contributed by atoms with Crippen molar-refractivity contribution in [3.05, 3.63) is 65.7 Å². The smallest absolute Gasteiger partial charge is 0.254 e. The van der Waals surface area contributed by atoms with Gasteiger partial charge < -0.3 is 19.1 Å². The van der Waals surface area contributed by atoms with Crippen molar-refractivity contribution in [1.29, 1.82) is 0 Å². The number of anilines is 1. The normalized spacial score (nSPS) is 10.9. The van der Waals surface area contributed by atoms with Gasteiger partial charge in [-0.05, 0) is 52.0 Å². The van der Waals surface area contributed by atoms with Crippen molar-refractivity contribution in [2.75, 3.05) is 25.1 Å². The number of amides is 1. The van der Waals surface area contributed by atoms with Gasteiger partial charge in [-0.1, -0.05) is 35.5 Å². The van der Waals surface area contributed by atoms with Crippen molar-refractivity contribution in [1.82, 2.24) is 10.1 Å². The lowest BCUT2D eigenvalue weighted by atomic mass is 10.1. The highest BCUT2D eigenvalue weighted by atomic mass is 16.5. The average Bonchev–Trinajstić information content (AvgIpc) is 3.21. The van der Waals surface area contributed by atoms with Crippen molar-refractivity contribution in [3.8, 4) is 17.0 Å². The highest BCUT2D eigenvalue weighted by Crippen LogP contribution is 2.33. The molecule has 0 aliphatic rings. The number of nitrogens with zero attached hydrogens (tertiary/aromatic N) is 3. The summed E-state index contributed by atoms with van der Waals surface area (Å²) in [5.41, 5.74) is 3.29. The maximum Gasteiger partial charge on any atom is 0.254 e. The zero-order chi connectivity index (χ0) is 22.4. The van der Waals surface area contributed by atoms with E-state index in [4.69, 9.17) is 9.26 Å². The molecule has 0 aliphatic heterocycles. The van der Waals surface area contributed by atoms with Gasteiger partial charge in [0.15, 0.2) is 0 Å². The number of methoxy groups -OCH3 is 1. The molecule has 6 nitrogen and oxygen atoms in total. The molecule has 3 aromatic rings. The topological polar surface area (TPSA) is 58.8 Å². The summed E-state index contributed by atoms with van der Waals surface area (Å²) in [6, 6.07) is 17.2. The van der Waals surface area contributed by atoms with Crippen LogP contribution < -0.4 is 9.64 Å². The molecule has 164 valence electrons. The van der Waals surface area contributed by atoms with E-state index in [-0.39, 0.29) is 11.9 Å². The molecule has 0 aliphatic carbocycles. The maximum absolute atomic E-state index is 13.4. The second-order valence-corrected chi connectivity index (χ2v) is 7.61. The van der Waals surface area contributed by atoms with E-state index < -0.39 is 0 Å². The summed E-state index contributed by atoms with van der Waals surface area (Å²) in [5, 5.41) is 4.40. The minimum Gasteiger partial charge on any atom is -0.497 e. The van der Waals surface area contributed by atoms with E-state index in [0.717, 1.165) is 41.5 Å². The lowest BCUT2D eigenvalue weighted by Crippen LogP contribution is -2.37. The van der Waals surface area contributed by atoms with E-state index >= 15 is 0 Å². The third-order valence-corrected chi connectivity index (χ3v) is 5.41. The third-order valence-electron chi connectivity index (χ3n) is 5.41. The van der Waals surface area contributed by atoms with Crippen LogP contribution in [0.1, 0.15) is 43.6 Å². The number of carbonyl (C=O) groups excluding carboxylic acids is 1. The van der Waals surface area contributed by atoms with Gasteiger partial charge in [0.1, 0.15) is 11.4 Å². The minimum atomic E-state index is -0.0386. The molecule has 1 aromatic heterocycles. The van der Waals surface area contributed by atoms with Gasteiger partial charge in [-0.3, -0.25) is 4.79 Å². The summed E-state index contributed by atoms with van der Waals surface area (Å²) < 4.78 is 11.0. The van der Waals surface area contributed by atoms with Gasteiger partial charge in [-0.15, -0.1) is 0 Å². The molecule has 0 spiro atoms. The van der Waals surface area contributed by atoms with Gasteiger partial charge in [-0.25, -0.2) is 0 Å². The molecule has 31 heavy (non-hydrogen) atoms. The fourth-order valence-electron chi connectivity index (χ4n) is 3.58. The number of rotatable bonds is 9. The fourth-order valence-corrected chi connectivity index (χ4v) is 3.58. The monoisotopic (exact) mass is 421 g/mol. The Morgan fingerprint density at radius 3 is 2.23 bits per heavy atom. The SMILES string of the molecule is CCN(CC)c1onc(-c2ccccc2)c1CN(C(=O)c1ccc(OC)cc1)C(C)C. The molecule has 0 saturated heterocycles. The summed E-state index contributed by atoms with van der Waals surface area (Å²) in [5.74, 6) is 1.40. The van der Waals surface area contributed by atoms with Crippen molar-refractivity contribution in [3.63, 3.8) is 0 Å². The molecule has 0 atom stereocenters. The summed E-state index contributed by atoms with van der Waals surface area (Å²) in [6.07, 6.45) is 0. The Hall–Kier alpha value is -3.28. The van der Waals surface area contributed by atoms with E-state index in [1.54, 1.807) is 19.2 Å². The lowest BCUT2D eigenvalue weighted by molar-refractivity contribution is 0.0690. The number of benzene rings is 2. The Morgan fingerprint density at radius 2 is 1.68 bits per heavy atom. The Bertz CT molecular complexity index is 977. The third kappa shape index (κ3) is 4.90. The number of hydrogen-bond acceptors (Lipinski definition) is 5. The summed E-state index contributed by atoms with van der Waals surface area (Å²) in [7, 11) is 1.61. The van der Waals surface area contributed by atoms with Crippen LogP contribution in [0.15, 0.2) is 59.1 Å². The second-order valence-electron chi connectivity index (χ2n) is 7.61. The highest BCUT2D eigenvalue weighted by Gasteiger charge is 2.27.